The molecule has 0 bridgehead atoms. The highest BCUT2D eigenvalue weighted by Crippen LogP contribution is 2.45. The van der Waals surface area contributed by atoms with Gasteiger partial charge < -0.3 is 29.1 Å². The van der Waals surface area contributed by atoms with Crippen LogP contribution in [0.3, 0.4) is 0 Å². The summed E-state index contributed by atoms with van der Waals surface area (Å²) in [7, 11) is 4.43. The number of hydrogen-bond acceptors (Lipinski definition) is 6. The molecule has 0 atom stereocenters. The molecule has 0 radical (unpaired) electrons. The van der Waals surface area contributed by atoms with Gasteiger partial charge in [0, 0.05) is 83.1 Å². The predicted molar refractivity (Wildman–Crippen MR) is 272 cm³/mol. The Labute approximate surface area is 378 Å². The first-order valence-electron chi connectivity index (χ1n) is 22.6. The first-order chi connectivity index (χ1) is 32.1. The second-order valence-electron chi connectivity index (χ2n) is 18.1. The van der Waals surface area contributed by atoms with Crippen LogP contribution in [0.5, 0.6) is 23.0 Å². The van der Waals surface area contributed by atoms with Crippen LogP contribution >= 0.6 is 0 Å². The Morgan fingerprint density at radius 3 is 1.15 bits per heavy atom. The molecule has 6 nitrogen and oxygen atoms in total. The van der Waals surface area contributed by atoms with Gasteiger partial charge in [0.25, 0.3) is 20.1 Å². The summed E-state index contributed by atoms with van der Waals surface area (Å²) in [5.41, 5.74) is 22.9. The third-order valence-corrected chi connectivity index (χ3v) is 14.9. The van der Waals surface area contributed by atoms with Crippen molar-refractivity contribution in [3.05, 3.63) is 188 Å². The minimum Gasteiger partial charge on any atom is -0.458 e. The number of fused-ring (bicyclic) bond motifs is 12. The molecule has 9 aromatic carbocycles. The molecule has 6 aliphatic rings. The molecular weight excluding hydrogens is 793 g/mol. The van der Waals surface area contributed by atoms with Gasteiger partial charge in [-0.1, -0.05) is 103 Å². The number of para-hydroxylation sites is 4. The summed E-state index contributed by atoms with van der Waals surface area (Å²) in [6, 6.07) is 68.7. The maximum absolute atomic E-state index is 7.06. The third kappa shape index (κ3) is 4.62. The van der Waals surface area contributed by atoms with E-state index in [1.165, 1.54) is 71.9 Å². The molecule has 9 aromatic rings. The van der Waals surface area contributed by atoms with Gasteiger partial charge in [-0.2, -0.15) is 0 Å². The highest BCUT2D eigenvalue weighted by atomic mass is 16.5. The molecule has 6 aliphatic heterocycles. The van der Waals surface area contributed by atoms with Gasteiger partial charge in [-0.15, -0.1) is 0 Å². The van der Waals surface area contributed by atoms with E-state index in [4.69, 9.17) is 9.47 Å². The Bertz CT molecular complexity index is 3320. The number of rotatable bonds is 2. The fraction of sp³-hybridized carbons (Fsp3) is 0.0357. The van der Waals surface area contributed by atoms with E-state index in [-0.39, 0.29) is 20.1 Å². The molecule has 0 amide bonds. The van der Waals surface area contributed by atoms with Crippen molar-refractivity contribution in [1.82, 2.24) is 0 Å². The summed E-state index contributed by atoms with van der Waals surface area (Å²) in [5.74, 6) is 3.63. The lowest BCUT2D eigenvalue weighted by molar-refractivity contribution is 0.487. The van der Waals surface area contributed by atoms with Gasteiger partial charge in [-0.25, -0.2) is 0 Å². The number of anilines is 10. The van der Waals surface area contributed by atoms with E-state index >= 15 is 0 Å². The first-order valence-corrected chi connectivity index (χ1v) is 22.6. The lowest BCUT2D eigenvalue weighted by Gasteiger charge is -2.44. The summed E-state index contributed by atoms with van der Waals surface area (Å²) in [4.78, 5) is 9.56. The topological polar surface area (TPSA) is 31.4 Å². The minimum absolute atomic E-state index is 0.0164. The van der Waals surface area contributed by atoms with Crippen molar-refractivity contribution >= 4 is 126 Å². The molecule has 0 N–H and O–H groups in total. The van der Waals surface area contributed by atoms with Crippen molar-refractivity contribution in [3.63, 3.8) is 0 Å². The van der Waals surface area contributed by atoms with Gasteiger partial charge in [0.15, 0.2) is 0 Å². The van der Waals surface area contributed by atoms with Gasteiger partial charge in [0.2, 0.25) is 0 Å². The van der Waals surface area contributed by atoms with Crippen LogP contribution in [0.15, 0.2) is 188 Å². The van der Waals surface area contributed by atoms with Gasteiger partial charge in [0.1, 0.15) is 23.0 Å². The summed E-state index contributed by atoms with van der Waals surface area (Å²) < 4.78 is 14.1. The van der Waals surface area contributed by atoms with E-state index in [9.17, 15) is 0 Å². The number of hydrogen-bond donors (Lipinski definition) is 0. The molecular formula is C56H37B3N4O2. The quantitative estimate of drug-likeness (QED) is 0.172. The van der Waals surface area contributed by atoms with Crippen LogP contribution in [0.1, 0.15) is 0 Å². The molecule has 15 rings (SSSR count). The Kier molecular flexibility index (Phi) is 6.98. The van der Waals surface area contributed by atoms with Crippen molar-refractivity contribution in [2.45, 2.75) is 0 Å². The zero-order valence-corrected chi connectivity index (χ0v) is 35.7. The van der Waals surface area contributed by atoms with Crippen LogP contribution < -0.4 is 78.2 Å². The standard InChI is InChI=1S/C56H37B3N4O2/c1-60-44-24-13-25-45-54(44)59(38-30-40-52(32-48(38)60)64-50-28-14-26-46-55(50)57(40)36-20-9-11-22-42(36)62(46)34-16-5-3-6-17-34)39-31-41-53(33-49(39)61(45)2)65-51-29-15-27-47-56(51)58(41)37-21-10-12-23-43(37)63(47)35-18-7-4-8-19-35/h3-33H,1-2H3. The van der Waals surface area contributed by atoms with Crippen LogP contribution in [0.2, 0.25) is 0 Å². The Morgan fingerprint density at radius 1 is 0.292 bits per heavy atom. The van der Waals surface area contributed by atoms with E-state index in [1.807, 2.05) is 0 Å². The van der Waals surface area contributed by atoms with E-state index in [0.717, 1.165) is 57.1 Å². The predicted octanol–water partition coefficient (Wildman–Crippen LogP) is 7.18. The van der Waals surface area contributed by atoms with Crippen LogP contribution in [0, 0.1) is 0 Å². The summed E-state index contributed by atoms with van der Waals surface area (Å²) in [6.07, 6.45) is 0. The monoisotopic (exact) mass is 830 g/mol. The van der Waals surface area contributed by atoms with Crippen molar-refractivity contribution in [2.75, 3.05) is 33.7 Å². The first kappa shape index (κ1) is 35.4. The second-order valence-corrected chi connectivity index (χ2v) is 18.1. The lowest BCUT2D eigenvalue weighted by Crippen LogP contribution is -2.66. The second kappa shape index (κ2) is 12.8. The molecule has 0 aromatic heterocycles. The molecule has 302 valence electrons. The molecule has 6 heterocycles. The van der Waals surface area contributed by atoms with Crippen LogP contribution in [-0.4, -0.2) is 34.2 Å². The third-order valence-electron chi connectivity index (χ3n) is 14.9. The molecule has 9 heteroatoms. The highest BCUT2D eigenvalue weighted by Gasteiger charge is 2.48. The number of ether oxygens (including phenoxy) is 2. The van der Waals surface area contributed by atoms with Gasteiger partial charge in [0.05, 0.1) is 0 Å². The van der Waals surface area contributed by atoms with Crippen LogP contribution in [0.25, 0.3) is 0 Å². The van der Waals surface area contributed by atoms with Crippen LogP contribution in [0.4, 0.5) is 56.9 Å². The number of benzene rings is 9. The van der Waals surface area contributed by atoms with Crippen molar-refractivity contribution < 1.29 is 9.47 Å². The Balaban J connectivity index is 0.955. The fourth-order valence-corrected chi connectivity index (χ4v) is 12.3. The zero-order chi connectivity index (χ0) is 42.7. The molecule has 0 saturated carbocycles. The van der Waals surface area contributed by atoms with Gasteiger partial charge in [-0.3, -0.25) is 0 Å². The van der Waals surface area contributed by atoms with E-state index < -0.39 is 0 Å². The SMILES string of the molecule is CN1c2cc3c(cc2B2c4cc5c(cc4N(C)c4cccc1c42)Oc1cccc2c1B5c1ccccc1N2c1ccccc1)B1c2ccccc2N(c2ccccc2)c2cccc(c21)O3. The Hall–Kier alpha value is -8.03. The smallest absolute Gasteiger partial charge is 0.256 e. The lowest BCUT2D eigenvalue weighted by atomic mass is 9.29. The average molecular weight is 830 g/mol. The van der Waals surface area contributed by atoms with E-state index in [2.05, 4.69) is 222 Å². The molecule has 65 heavy (non-hydrogen) atoms. The maximum atomic E-state index is 7.06. The zero-order valence-electron chi connectivity index (χ0n) is 35.7. The summed E-state index contributed by atoms with van der Waals surface area (Å²) in [6.45, 7) is -0.0729. The molecule has 0 saturated heterocycles. The number of nitrogens with zero attached hydrogens (tertiary/aromatic N) is 4. The molecule has 0 aliphatic carbocycles. The van der Waals surface area contributed by atoms with Gasteiger partial charge >= 0.3 is 0 Å². The van der Waals surface area contributed by atoms with Crippen molar-refractivity contribution in [3.8, 4) is 23.0 Å². The van der Waals surface area contributed by atoms with E-state index in [1.54, 1.807) is 0 Å². The van der Waals surface area contributed by atoms with Crippen LogP contribution in [-0.2, 0) is 0 Å². The van der Waals surface area contributed by atoms with Crippen molar-refractivity contribution in [1.29, 1.82) is 0 Å². The largest absolute Gasteiger partial charge is 0.458 e. The Morgan fingerprint density at radius 2 is 0.677 bits per heavy atom. The molecule has 0 unspecified atom stereocenters. The maximum Gasteiger partial charge on any atom is 0.256 e. The fourth-order valence-electron chi connectivity index (χ4n) is 12.3. The normalized spacial score (nSPS) is 14.6. The van der Waals surface area contributed by atoms with E-state index in [0.29, 0.717) is 0 Å². The van der Waals surface area contributed by atoms with Gasteiger partial charge in [-0.05, 0) is 122 Å². The average Bonchev–Trinajstić information content (AvgIpc) is 3.35. The minimum atomic E-state index is -0.0400. The van der Waals surface area contributed by atoms with Crippen molar-refractivity contribution in [2.24, 2.45) is 0 Å². The molecule has 0 fully saturated rings. The highest BCUT2D eigenvalue weighted by molar-refractivity contribution is 7.04. The summed E-state index contributed by atoms with van der Waals surface area (Å²) in [5, 5.41) is 0. The summed E-state index contributed by atoms with van der Waals surface area (Å²) >= 11 is 0. The molecule has 0 spiro atoms.